The molecule has 0 aliphatic rings. The minimum absolute atomic E-state index is 0. The summed E-state index contributed by atoms with van der Waals surface area (Å²) in [6.07, 6.45) is 0.641. The Morgan fingerprint density at radius 2 is 2.11 bits per heavy atom. The minimum Gasteiger partial charge on any atom is -0.370 e. The van der Waals surface area contributed by atoms with E-state index in [9.17, 15) is 9.59 Å². The van der Waals surface area contributed by atoms with E-state index in [0.717, 1.165) is 17.0 Å². The van der Waals surface area contributed by atoms with Crippen molar-refractivity contribution in [2.75, 3.05) is 5.32 Å². The maximum absolute atomic E-state index is 11.6. The van der Waals surface area contributed by atoms with Crippen LogP contribution in [0.3, 0.4) is 0 Å². The zero-order valence-electron chi connectivity index (χ0n) is 10.2. The van der Waals surface area contributed by atoms with E-state index in [0.29, 0.717) is 5.13 Å². The van der Waals surface area contributed by atoms with E-state index in [1.165, 1.54) is 11.3 Å². The molecule has 0 bridgehead atoms. The van der Waals surface area contributed by atoms with E-state index in [-0.39, 0.29) is 18.8 Å². The molecular weight excluding hydrogens is 276 g/mol. The average Bonchev–Trinajstić information content (AvgIpc) is 2.57. The number of carbonyl (C=O) groups excluding carboxylic acids is 2. The quantitative estimate of drug-likeness (QED) is 0.737. The normalized spacial score (nSPS) is 11.5. The van der Waals surface area contributed by atoms with Crippen LogP contribution in [0.5, 0.6) is 0 Å². The predicted octanol–water partition coefficient (Wildman–Crippen LogP) is 0.577. The first-order valence-electron chi connectivity index (χ1n) is 5.25. The molecule has 0 aliphatic heterocycles. The summed E-state index contributed by atoms with van der Waals surface area (Å²) in [6, 6.07) is -0.929. The lowest BCUT2D eigenvalue weighted by molar-refractivity contribution is -0.123. The van der Waals surface area contributed by atoms with Gasteiger partial charge in [-0.05, 0) is 13.3 Å². The Hall–Kier alpha value is -1.18. The third kappa shape index (κ3) is 4.59. The van der Waals surface area contributed by atoms with E-state index >= 15 is 0 Å². The third-order valence-electron chi connectivity index (χ3n) is 2.22. The predicted molar refractivity (Wildman–Crippen MR) is 73.9 cm³/mol. The highest BCUT2D eigenvalue weighted by Crippen LogP contribution is 2.22. The van der Waals surface area contributed by atoms with Crippen molar-refractivity contribution in [2.24, 2.45) is 11.5 Å². The van der Waals surface area contributed by atoms with Crippen molar-refractivity contribution < 1.29 is 9.59 Å². The molecule has 2 amide bonds. The van der Waals surface area contributed by atoms with Gasteiger partial charge in [0.2, 0.25) is 11.8 Å². The number of nitrogens with one attached hydrogen (secondary N) is 1. The second kappa shape index (κ2) is 7.30. The third-order valence-corrected chi connectivity index (χ3v) is 3.14. The Bertz CT molecular complexity index is 436. The summed E-state index contributed by atoms with van der Waals surface area (Å²) in [4.78, 5) is 27.5. The molecule has 1 rings (SSSR count). The molecule has 1 unspecified atom stereocenters. The standard InChI is InChI=1S/C10H16N4O2S.ClH/c1-3-7-5(2)17-10(13-7)14-9(16)6(11)4-8(12)15;/h6H,3-4,11H2,1-2H3,(H2,12,15)(H,13,14,16);1H. The van der Waals surface area contributed by atoms with Crippen LogP contribution in [0.1, 0.15) is 23.9 Å². The lowest BCUT2D eigenvalue weighted by Crippen LogP contribution is -2.38. The van der Waals surface area contributed by atoms with Crippen molar-refractivity contribution >= 4 is 40.7 Å². The number of anilines is 1. The molecule has 0 spiro atoms. The van der Waals surface area contributed by atoms with Gasteiger partial charge >= 0.3 is 0 Å². The van der Waals surface area contributed by atoms with Crippen LogP contribution in [0.4, 0.5) is 5.13 Å². The topological polar surface area (TPSA) is 111 Å². The number of nitrogens with zero attached hydrogens (tertiary/aromatic N) is 1. The highest BCUT2D eigenvalue weighted by molar-refractivity contribution is 7.15. The van der Waals surface area contributed by atoms with Gasteiger partial charge in [0.25, 0.3) is 0 Å². The van der Waals surface area contributed by atoms with Crippen LogP contribution in [0, 0.1) is 6.92 Å². The van der Waals surface area contributed by atoms with E-state index in [4.69, 9.17) is 11.5 Å². The summed E-state index contributed by atoms with van der Waals surface area (Å²) in [5.74, 6) is -1.04. The van der Waals surface area contributed by atoms with Crippen molar-refractivity contribution in [1.82, 2.24) is 4.98 Å². The van der Waals surface area contributed by atoms with Crippen molar-refractivity contribution in [2.45, 2.75) is 32.7 Å². The van der Waals surface area contributed by atoms with Gasteiger partial charge < -0.3 is 16.8 Å². The number of aryl methyl sites for hydroxylation is 2. The second-order valence-electron chi connectivity index (χ2n) is 3.64. The van der Waals surface area contributed by atoms with Crippen LogP contribution in [-0.2, 0) is 16.0 Å². The first-order valence-corrected chi connectivity index (χ1v) is 6.06. The van der Waals surface area contributed by atoms with Crippen LogP contribution in [0.25, 0.3) is 0 Å². The minimum atomic E-state index is -0.929. The molecular formula is C10H17ClN4O2S. The van der Waals surface area contributed by atoms with E-state index in [1.807, 2.05) is 13.8 Å². The molecule has 1 aromatic heterocycles. The molecule has 0 saturated heterocycles. The van der Waals surface area contributed by atoms with E-state index in [2.05, 4.69) is 10.3 Å². The molecule has 1 heterocycles. The van der Waals surface area contributed by atoms with Crippen LogP contribution in [0.15, 0.2) is 0 Å². The highest BCUT2D eigenvalue weighted by atomic mass is 35.5. The number of hydrogen-bond acceptors (Lipinski definition) is 5. The lowest BCUT2D eigenvalue weighted by Gasteiger charge is -2.07. The molecule has 1 atom stereocenters. The molecule has 102 valence electrons. The van der Waals surface area contributed by atoms with Gasteiger partial charge in [0.05, 0.1) is 18.2 Å². The first-order chi connectivity index (χ1) is 7.93. The summed E-state index contributed by atoms with van der Waals surface area (Å²) in [6.45, 7) is 3.93. The summed E-state index contributed by atoms with van der Waals surface area (Å²) < 4.78 is 0. The van der Waals surface area contributed by atoms with Crippen LogP contribution < -0.4 is 16.8 Å². The van der Waals surface area contributed by atoms with Gasteiger partial charge in [-0.2, -0.15) is 0 Å². The molecule has 18 heavy (non-hydrogen) atoms. The molecule has 5 N–H and O–H groups in total. The van der Waals surface area contributed by atoms with Crippen LogP contribution >= 0.6 is 23.7 Å². The maximum Gasteiger partial charge on any atom is 0.243 e. The summed E-state index contributed by atoms with van der Waals surface area (Å²) >= 11 is 1.39. The Labute approximate surface area is 116 Å². The number of aromatic nitrogens is 1. The molecule has 0 aromatic carbocycles. The largest absolute Gasteiger partial charge is 0.370 e. The SMILES string of the molecule is CCc1nc(NC(=O)C(N)CC(N)=O)sc1C.Cl. The van der Waals surface area contributed by atoms with Gasteiger partial charge in [-0.25, -0.2) is 4.98 Å². The van der Waals surface area contributed by atoms with Crippen molar-refractivity contribution in [1.29, 1.82) is 0 Å². The monoisotopic (exact) mass is 292 g/mol. The summed E-state index contributed by atoms with van der Waals surface area (Å²) in [5.41, 5.74) is 11.4. The van der Waals surface area contributed by atoms with Gasteiger partial charge in [0, 0.05) is 4.88 Å². The number of primary amides is 1. The number of hydrogen-bond donors (Lipinski definition) is 3. The van der Waals surface area contributed by atoms with E-state index in [1.54, 1.807) is 0 Å². The van der Waals surface area contributed by atoms with E-state index < -0.39 is 17.9 Å². The number of amides is 2. The highest BCUT2D eigenvalue weighted by Gasteiger charge is 2.17. The number of halogens is 1. The number of carbonyl (C=O) groups is 2. The fourth-order valence-electron chi connectivity index (χ4n) is 1.32. The van der Waals surface area contributed by atoms with Gasteiger partial charge in [0.1, 0.15) is 0 Å². The first kappa shape index (κ1) is 16.8. The Kier molecular flexibility index (Phi) is 6.82. The second-order valence-corrected chi connectivity index (χ2v) is 4.84. The zero-order chi connectivity index (χ0) is 13.0. The number of nitrogens with two attached hydrogens (primary N) is 2. The fourth-order valence-corrected chi connectivity index (χ4v) is 2.22. The van der Waals surface area contributed by atoms with Gasteiger partial charge in [-0.3, -0.25) is 9.59 Å². The van der Waals surface area contributed by atoms with Gasteiger partial charge in [-0.1, -0.05) is 6.92 Å². The molecule has 8 heteroatoms. The zero-order valence-corrected chi connectivity index (χ0v) is 11.9. The van der Waals surface area contributed by atoms with Gasteiger partial charge in [-0.15, -0.1) is 23.7 Å². The molecule has 0 aliphatic carbocycles. The fraction of sp³-hybridized carbons (Fsp3) is 0.500. The maximum atomic E-state index is 11.6. The number of rotatable bonds is 5. The smallest absolute Gasteiger partial charge is 0.243 e. The molecule has 0 radical (unpaired) electrons. The Balaban J connectivity index is 0.00000289. The van der Waals surface area contributed by atoms with Crippen LogP contribution in [0.2, 0.25) is 0 Å². The molecule has 0 fully saturated rings. The Morgan fingerprint density at radius 1 is 1.50 bits per heavy atom. The summed E-state index contributed by atoms with van der Waals surface area (Å²) in [7, 11) is 0. The Morgan fingerprint density at radius 3 is 2.56 bits per heavy atom. The molecule has 6 nitrogen and oxygen atoms in total. The number of thiazole rings is 1. The van der Waals surface area contributed by atoms with Crippen LogP contribution in [-0.4, -0.2) is 22.8 Å². The lowest BCUT2D eigenvalue weighted by atomic mass is 10.2. The average molecular weight is 293 g/mol. The van der Waals surface area contributed by atoms with Crippen molar-refractivity contribution in [3.8, 4) is 0 Å². The van der Waals surface area contributed by atoms with Gasteiger partial charge in [0.15, 0.2) is 5.13 Å². The molecule has 0 saturated carbocycles. The van der Waals surface area contributed by atoms with Crippen molar-refractivity contribution in [3.63, 3.8) is 0 Å². The summed E-state index contributed by atoms with van der Waals surface area (Å²) in [5, 5.41) is 3.08. The van der Waals surface area contributed by atoms with Crippen molar-refractivity contribution in [3.05, 3.63) is 10.6 Å². The molecule has 1 aromatic rings.